The molecule has 9 heteroatoms. The molecule has 0 unspecified atom stereocenters. The number of pyridine rings is 1. The van der Waals surface area contributed by atoms with Gasteiger partial charge in [0.15, 0.2) is 0 Å². The van der Waals surface area contributed by atoms with Crippen LogP contribution in [0.15, 0.2) is 71.8 Å². The minimum Gasteiger partial charge on any atom is -0.406 e. The predicted octanol–water partition coefficient (Wildman–Crippen LogP) is 2.93. The Labute approximate surface area is 164 Å². The van der Waals surface area contributed by atoms with Crippen molar-refractivity contribution in [2.24, 2.45) is 0 Å². The zero-order chi connectivity index (χ0) is 20.6. The van der Waals surface area contributed by atoms with E-state index in [9.17, 15) is 18.0 Å². The molecule has 0 N–H and O–H groups in total. The molecule has 2 radical (unpaired) electrons. The van der Waals surface area contributed by atoms with Crippen LogP contribution >= 0.6 is 0 Å². The highest BCUT2D eigenvalue weighted by Crippen LogP contribution is 2.23. The van der Waals surface area contributed by atoms with Crippen LogP contribution in [0, 0.1) is 0 Å². The number of halogens is 3. The third-order valence-corrected chi connectivity index (χ3v) is 4.36. The van der Waals surface area contributed by atoms with Gasteiger partial charge in [-0.2, -0.15) is 5.10 Å². The number of aromatic nitrogens is 3. The van der Waals surface area contributed by atoms with Crippen molar-refractivity contribution >= 4 is 24.2 Å². The molecular weight excluding hydrogens is 382 g/mol. The molecule has 4 rings (SSSR count). The van der Waals surface area contributed by atoms with Crippen LogP contribution in [0.4, 0.5) is 13.2 Å². The first kappa shape index (κ1) is 18.9. The summed E-state index contributed by atoms with van der Waals surface area (Å²) in [6, 6.07) is 14.5. The van der Waals surface area contributed by atoms with Crippen LogP contribution in [0.1, 0.15) is 5.56 Å². The highest BCUT2D eigenvalue weighted by molar-refractivity contribution is 6.38. The summed E-state index contributed by atoms with van der Waals surface area (Å²) in [7, 11) is 6.10. The van der Waals surface area contributed by atoms with Crippen molar-refractivity contribution in [1.29, 1.82) is 0 Å². The van der Waals surface area contributed by atoms with E-state index in [2.05, 4.69) is 9.84 Å². The minimum absolute atomic E-state index is 0.310. The standard InChI is InChI=1S/C20H13BF3N3O2/c21-17-12-26(14-6-8-15(9-7-14)29-20(22,23)24)19(28)18-16(17)10-25-27(18)11-13-4-2-1-3-5-13/h1-10,12H,11H2. The molecule has 0 amide bonds. The molecule has 0 atom stereocenters. The number of benzene rings is 2. The molecule has 5 nitrogen and oxygen atoms in total. The third-order valence-electron chi connectivity index (χ3n) is 4.36. The highest BCUT2D eigenvalue weighted by Gasteiger charge is 2.31. The first-order valence-corrected chi connectivity index (χ1v) is 8.58. The number of hydrogen-bond donors (Lipinski definition) is 0. The lowest BCUT2D eigenvalue weighted by molar-refractivity contribution is -0.274. The first-order chi connectivity index (χ1) is 13.8. The Kier molecular flexibility index (Phi) is 4.66. The van der Waals surface area contributed by atoms with Gasteiger partial charge in [0.2, 0.25) is 0 Å². The van der Waals surface area contributed by atoms with E-state index >= 15 is 0 Å². The van der Waals surface area contributed by atoms with Crippen molar-refractivity contribution in [3.63, 3.8) is 0 Å². The zero-order valence-corrected chi connectivity index (χ0v) is 14.9. The number of alkyl halides is 3. The second-order valence-electron chi connectivity index (χ2n) is 6.35. The van der Waals surface area contributed by atoms with Gasteiger partial charge in [-0.3, -0.25) is 14.0 Å². The average Bonchev–Trinajstić information content (AvgIpc) is 3.09. The highest BCUT2D eigenvalue weighted by atomic mass is 19.4. The Bertz CT molecular complexity index is 1220. The molecule has 2 heterocycles. The largest absolute Gasteiger partial charge is 0.573 e. The van der Waals surface area contributed by atoms with E-state index in [4.69, 9.17) is 7.85 Å². The van der Waals surface area contributed by atoms with Crippen LogP contribution in [0.25, 0.3) is 16.6 Å². The van der Waals surface area contributed by atoms with Crippen molar-refractivity contribution in [2.75, 3.05) is 0 Å². The Balaban J connectivity index is 1.77. The molecule has 144 valence electrons. The quantitative estimate of drug-likeness (QED) is 0.500. The summed E-state index contributed by atoms with van der Waals surface area (Å²) in [6.45, 7) is 0.376. The molecule has 2 aromatic carbocycles. The van der Waals surface area contributed by atoms with Gasteiger partial charge in [0.05, 0.1) is 12.7 Å². The maximum atomic E-state index is 13.1. The molecule has 0 bridgehead atoms. The van der Waals surface area contributed by atoms with E-state index < -0.39 is 6.36 Å². The molecule has 0 aliphatic rings. The molecule has 0 fully saturated rings. The molecule has 0 saturated carbocycles. The summed E-state index contributed by atoms with van der Waals surface area (Å²) < 4.78 is 43.7. The van der Waals surface area contributed by atoms with E-state index in [1.54, 1.807) is 4.68 Å². The maximum Gasteiger partial charge on any atom is 0.573 e. The van der Waals surface area contributed by atoms with E-state index in [1.165, 1.54) is 29.1 Å². The number of nitrogens with zero attached hydrogens (tertiary/aromatic N) is 3. The van der Waals surface area contributed by atoms with E-state index in [-0.39, 0.29) is 11.3 Å². The van der Waals surface area contributed by atoms with Gasteiger partial charge >= 0.3 is 6.36 Å². The predicted molar refractivity (Wildman–Crippen MR) is 103 cm³/mol. The summed E-state index contributed by atoms with van der Waals surface area (Å²) in [5.41, 5.74) is 1.57. The molecular formula is C20H13BF3N3O2. The van der Waals surface area contributed by atoms with Gasteiger partial charge in [-0.25, -0.2) is 0 Å². The second kappa shape index (κ2) is 7.16. The Morgan fingerprint density at radius 1 is 1.03 bits per heavy atom. The lowest BCUT2D eigenvalue weighted by atomic mass is 9.95. The van der Waals surface area contributed by atoms with Crippen molar-refractivity contribution in [2.45, 2.75) is 12.9 Å². The fourth-order valence-electron chi connectivity index (χ4n) is 3.08. The van der Waals surface area contributed by atoms with Crippen LogP contribution in [0.3, 0.4) is 0 Å². The van der Waals surface area contributed by atoms with Gasteiger partial charge in [-0.1, -0.05) is 35.8 Å². The minimum atomic E-state index is -4.79. The summed E-state index contributed by atoms with van der Waals surface area (Å²) in [4.78, 5) is 13.1. The summed E-state index contributed by atoms with van der Waals surface area (Å²) in [6.07, 6.45) is -1.83. The molecule has 0 spiro atoms. The van der Waals surface area contributed by atoms with Gasteiger partial charge in [0.25, 0.3) is 5.56 Å². The molecule has 0 aliphatic carbocycles. The van der Waals surface area contributed by atoms with Crippen molar-refractivity contribution in [3.8, 4) is 11.4 Å². The Morgan fingerprint density at radius 3 is 2.38 bits per heavy atom. The lowest BCUT2D eigenvalue weighted by Crippen LogP contribution is -2.26. The van der Waals surface area contributed by atoms with Crippen LogP contribution in [-0.2, 0) is 6.54 Å². The molecule has 29 heavy (non-hydrogen) atoms. The summed E-state index contributed by atoms with van der Waals surface area (Å²) >= 11 is 0. The maximum absolute atomic E-state index is 13.1. The summed E-state index contributed by atoms with van der Waals surface area (Å²) in [5.74, 6) is -0.377. The number of rotatable bonds is 4. The van der Waals surface area contributed by atoms with Crippen LogP contribution in [0.2, 0.25) is 0 Å². The Morgan fingerprint density at radius 2 is 1.72 bits per heavy atom. The van der Waals surface area contributed by atoms with Gasteiger partial charge in [-0.05, 0) is 29.8 Å². The van der Waals surface area contributed by atoms with Gasteiger partial charge in [0.1, 0.15) is 19.1 Å². The van der Waals surface area contributed by atoms with Crippen molar-refractivity contribution in [3.05, 3.63) is 82.9 Å². The number of fused-ring (bicyclic) bond motifs is 1. The van der Waals surface area contributed by atoms with Crippen molar-refractivity contribution in [1.82, 2.24) is 14.3 Å². The lowest BCUT2D eigenvalue weighted by Gasteiger charge is -2.12. The third kappa shape index (κ3) is 3.89. The van der Waals surface area contributed by atoms with Gasteiger partial charge in [0, 0.05) is 17.3 Å². The first-order valence-electron chi connectivity index (χ1n) is 8.58. The number of ether oxygens (including phenoxy) is 1. The SMILES string of the molecule is [B]c1cn(-c2ccc(OC(F)(F)F)cc2)c(=O)c2c1cnn2Cc1ccccc1. The van der Waals surface area contributed by atoms with Crippen LogP contribution in [0.5, 0.6) is 5.75 Å². The van der Waals surface area contributed by atoms with Crippen LogP contribution in [-0.4, -0.2) is 28.6 Å². The number of hydrogen-bond acceptors (Lipinski definition) is 3. The van der Waals surface area contributed by atoms with Crippen LogP contribution < -0.4 is 15.8 Å². The van der Waals surface area contributed by atoms with E-state index in [1.807, 2.05) is 30.3 Å². The Hall–Kier alpha value is -3.49. The normalized spacial score (nSPS) is 11.7. The fraction of sp³-hybridized carbons (Fsp3) is 0.100. The van der Waals surface area contributed by atoms with E-state index in [0.717, 1.165) is 17.7 Å². The van der Waals surface area contributed by atoms with Gasteiger partial charge in [-0.15, -0.1) is 13.2 Å². The second-order valence-corrected chi connectivity index (χ2v) is 6.35. The smallest absolute Gasteiger partial charge is 0.406 e. The molecule has 4 aromatic rings. The van der Waals surface area contributed by atoms with E-state index in [0.29, 0.717) is 28.6 Å². The monoisotopic (exact) mass is 395 g/mol. The fourth-order valence-corrected chi connectivity index (χ4v) is 3.08. The average molecular weight is 395 g/mol. The molecule has 0 aliphatic heterocycles. The molecule has 0 saturated heterocycles. The van der Waals surface area contributed by atoms with Gasteiger partial charge < -0.3 is 4.74 Å². The van der Waals surface area contributed by atoms with Crippen molar-refractivity contribution < 1.29 is 17.9 Å². The zero-order valence-electron chi connectivity index (χ0n) is 14.9. The topological polar surface area (TPSA) is 49.1 Å². The summed E-state index contributed by atoms with van der Waals surface area (Å²) in [5, 5.41) is 4.79. The molecule has 2 aromatic heterocycles.